The highest BCUT2D eigenvalue weighted by molar-refractivity contribution is 6.04. The number of hydrogen-bond donors (Lipinski definition) is 2. The first-order valence-corrected chi connectivity index (χ1v) is 10.9. The van der Waals surface area contributed by atoms with E-state index in [-0.39, 0.29) is 22.0 Å². The third-order valence-electron chi connectivity index (χ3n) is 5.34. The zero-order chi connectivity index (χ0) is 25.7. The van der Waals surface area contributed by atoms with Gasteiger partial charge in [-0.15, -0.1) is 0 Å². The maximum Gasteiger partial charge on any atom is 0.342 e. The van der Waals surface area contributed by atoms with Gasteiger partial charge in [-0.3, -0.25) is 14.9 Å². The van der Waals surface area contributed by atoms with E-state index in [1.54, 1.807) is 49.4 Å². The molecule has 3 amide bonds. The molecule has 4 aromatic rings. The quantitative estimate of drug-likeness (QED) is 0.390. The number of para-hydroxylation sites is 1. The number of fused-ring (bicyclic) bond motifs is 1. The van der Waals surface area contributed by atoms with Gasteiger partial charge in [0.05, 0.1) is 12.5 Å². The summed E-state index contributed by atoms with van der Waals surface area (Å²) in [5, 5.41) is 4.77. The molecule has 0 aliphatic rings. The minimum absolute atomic E-state index is 0.0164. The molecule has 1 aromatic heterocycles. The monoisotopic (exact) mass is 486 g/mol. The molecule has 9 nitrogen and oxygen atoms in total. The van der Waals surface area contributed by atoms with E-state index in [0.29, 0.717) is 28.3 Å². The molecule has 0 aliphatic carbocycles. The fourth-order valence-corrected chi connectivity index (χ4v) is 3.54. The van der Waals surface area contributed by atoms with Crippen LogP contribution >= 0.6 is 0 Å². The van der Waals surface area contributed by atoms with Crippen molar-refractivity contribution in [2.75, 3.05) is 19.0 Å². The normalized spacial score (nSPS) is 10.5. The number of benzene rings is 3. The van der Waals surface area contributed by atoms with E-state index in [9.17, 15) is 19.2 Å². The standard InChI is InChI=1S/C27H22N2O7/c1-16-23(31)20-9-6-10-21(25(20)36-24(16)17-7-4-3-5-8-17)26(32)35-15-22(30)29-27(33)28-18-11-13-19(34-2)14-12-18/h3-14H,15H2,1-2H3,(H2,28,29,30,33). The number of carbonyl (C=O) groups excluding carboxylic acids is 3. The second-order valence-corrected chi connectivity index (χ2v) is 7.74. The Morgan fingerprint density at radius 2 is 1.64 bits per heavy atom. The highest BCUT2D eigenvalue weighted by Crippen LogP contribution is 2.27. The number of urea groups is 1. The molecular weight excluding hydrogens is 464 g/mol. The molecular formula is C27H22N2O7. The molecule has 0 atom stereocenters. The van der Waals surface area contributed by atoms with Crippen LogP contribution in [-0.2, 0) is 9.53 Å². The van der Waals surface area contributed by atoms with E-state index in [4.69, 9.17) is 13.9 Å². The Hall–Kier alpha value is -4.92. The van der Waals surface area contributed by atoms with Crippen LogP contribution in [0, 0.1) is 6.92 Å². The molecule has 0 saturated carbocycles. The van der Waals surface area contributed by atoms with Gasteiger partial charge in [0.15, 0.2) is 17.6 Å². The van der Waals surface area contributed by atoms with Crippen molar-refractivity contribution in [1.29, 1.82) is 0 Å². The summed E-state index contributed by atoms with van der Waals surface area (Å²) in [6.07, 6.45) is 0. The van der Waals surface area contributed by atoms with Gasteiger partial charge >= 0.3 is 12.0 Å². The molecule has 0 aliphatic heterocycles. The van der Waals surface area contributed by atoms with E-state index < -0.39 is 24.5 Å². The highest BCUT2D eigenvalue weighted by Gasteiger charge is 2.20. The number of ether oxygens (including phenoxy) is 2. The molecule has 0 bridgehead atoms. The van der Waals surface area contributed by atoms with Crippen molar-refractivity contribution in [3.8, 4) is 17.1 Å². The smallest absolute Gasteiger partial charge is 0.342 e. The fraction of sp³-hybridized carbons (Fsp3) is 0.111. The molecule has 1 heterocycles. The first-order chi connectivity index (χ1) is 17.4. The third kappa shape index (κ3) is 5.25. The number of amides is 3. The Labute approximate surface area is 205 Å². The Balaban J connectivity index is 1.47. The Kier molecular flexibility index (Phi) is 7.10. The van der Waals surface area contributed by atoms with Crippen LogP contribution in [0.4, 0.5) is 10.5 Å². The van der Waals surface area contributed by atoms with Gasteiger partial charge in [0, 0.05) is 16.8 Å². The summed E-state index contributed by atoms with van der Waals surface area (Å²) in [4.78, 5) is 49.9. The SMILES string of the molecule is COc1ccc(NC(=O)NC(=O)COC(=O)c2cccc3c(=O)c(C)c(-c4ccccc4)oc23)cc1. The molecule has 0 saturated heterocycles. The Morgan fingerprint density at radius 1 is 0.917 bits per heavy atom. The van der Waals surface area contributed by atoms with Gasteiger partial charge in [-0.2, -0.15) is 0 Å². The summed E-state index contributed by atoms with van der Waals surface area (Å²) in [7, 11) is 1.52. The van der Waals surface area contributed by atoms with Crippen LogP contribution < -0.4 is 20.8 Å². The average molecular weight is 486 g/mol. The molecule has 2 N–H and O–H groups in total. The molecule has 9 heteroatoms. The first-order valence-electron chi connectivity index (χ1n) is 10.9. The van der Waals surface area contributed by atoms with E-state index in [2.05, 4.69) is 10.6 Å². The van der Waals surface area contributed by atoms with Crippen LogP contribution in [0.15, 0.2) is 82.0 Å². The van der Waals surface area contributed by atoms with Gasteiger partial charge in [-0.1, -0.05) is 36.4 Å². The summed E-state index contributed by atoms with van der Waals surface area (Å²) in [5.74, 6) is -0.769. The van der Waals surface area contributed by atoms with E-state index >= 15 is 0 Å². The van der Waals surface area contributed by atoms with Crippen molar-refractivity contribution in [1.82, 2.24) is 5.32 Å². The molecule has 182 valence electrons. The van der Waals surface area contributed by atoms with E-state index in [0.717, 1.165) is 0 Å². The summed E-state index contributed by atoms with van der Waals surface area (Å²) in [6, 6.07) is 19.2. The van der Waals surface area contributed by atoms with Crippen molar-refractivity contribution in [2.45, 2.75) is 6.92 Å². The predicted octanol–water partition coefficient (Wildman–Crippen LogP) is 4.28. The summed E-state index contributed by atoms with van der Waals surface area (Å²) < 4.78 is 16.1. The topological polar surface area (TPSA) is 124 Å². The van der Waals surface area contributed by atoms with Gasteiger partial charge in [0.2, 0.25) is 0 Å². The minimum Gasteiger partial charge on any atom is -0.497 e. The lowest BCUT2D eigenvalue weighted by Gasteiger charge is -2.11. The zero-order valence-corrected chi connectivity index (χ0v) is 19.5. The van der Waals surface area contributed by atoms with Gasteiger partial charge in [0.1, 0.15) is 17.1 Å². The number of carbonyl (C=O) groups is 3. The molecule has 0 radical (unpaired) electrons. The molecule has 0 spiro atoms. The van der Waals surface area contributed by atoms with Gasteiger partial charge in [-0.25, -0.2) is 9.59 Å². The van der Waals surface area contributed by atoms with Gasteiger partial charge in [0.25, 0.3) is 5.91 Å². The largest absolute Gasteiger partial charge is 0.497 e. The van der Waals surface area contributed by atoms with Gasteiger partial charge < -0.3 is 19.2 Å². The van der Waals surface area contributed by atoms with Crippen LogP contribution in [0.1, 0.15) is 15.9 Å². The lowest BCUT2D eigenvalue weighted by Crippen LogP contribution is -2.37. The highest BCUT2D eigenvalue weighted by atomic mass is 16.5. The molecule has 4 rings (SSSR count). The second-order valence-electron chi connectivity index (χ2n) is 7.74. The first kappa shape index (κ1) is 24.2. The molecule has 36 heavy (non-hydrogen) atoms. The summed E-state index contributed by atoms with van der Waals surface area (Å²) >= 11 is 0. The van der Waals surface area contributed by atoms with Gasteiger partial charge in [-0.05, 0) is 43.3 Å². The van der Waals surface area contributed by atoms with Crippen molar-refractivity contribution in [3.05, 3.63) is 94.1 Å². The number of hydrogen-bond acceptors (Lipinski definition) is 7. The van der Waals surface area contributed by atoms with Crippen molar-refractivity contribution >= 4 is 34.6 Å². The van der Waals surface area contributed by atoms with Crippen LogP contribution in [0.5, 0.6) is 5.75 Å². The van der Waals surface area contributed by atoms with Crippen LogP contribution in [-0.4, -0.2) is 31.6 Å². The summed E-state index contributed by atoms with van der Waals surface area (Å²) in [5.41, 5.74) is 1.28. The van der Waals surface area contributed by atoms with Crippen molar-refractivity contribution < 1.29 is 28.3 Å². The maximum atomic E-state index is 12.9. The zero-order valence-electron chi connectivity index (χ0n) is 19.5. The van der Waals surface area contributed by atoms with Crippen LogP contribution in [0.3, 0.4) is 0 Å². The molecule has 3 aromatic carbocycles. The minimum atomic E-state index is -0.877. The van der Waals surface area contributed by atoms with Crippen molar-refractivity contribution in [3.63, 3.8) is 0 Å². The average Bonchev–Trinajstić information content (AvgIpc) is 2.90. The second kappa shape index (κ2) is 10.6. The lowest BCUT2D eigenvalue weighted by atomic mass is 10.0. The number of imide groups is 1. The van der Waals surface area contributed by atoms with Crippen molar-refractivity contribution in [2.24, 2.45) is 0 Å². The predicted molar refractivity (Wildman–Crippen MR) is 133 cm³/mol. The van der Waals surface area contributed by atoms with E-state index in [1.807, 2.05) is 18.2 Å². The maximum absolute atomic E-state index is 12.9. The Morgan fingerprint density at radius 3 is 2.33 bits per heavy atom. The number of esters is 1. The number of methoxy groups -OCH3 is 1. The number of rotatable bonds is 6. The van der Waals surface area contributed by atoms with Crippen LogP contribution in [0.2, 0.25) is 0 Å². The van der Waals surface area contributed by atoms with E-state index in [1.165, 1.54) is 19.2 Å². The summed E-state index contributed by atoms with van der Waals surface area (Å²) in [6.45, 7) is 0.937. The van der Waals surface area contributed by atoms with Crippen LogP contribution in [0.25, 0.3) is 22.3 Å². The third-order valence-corrected chi connectivity index (χ3v) is 5.34. The Bertz CT molecular complexity index is 1490. The fourth-order valence-electron chi connectivity index (χ4n) is 3.54. The number of anilines is 1. The molecule has 0 unspecified atom stereocenters. The number of nitrogens with one attached hydrogen (secondary N) is 2. The molecule has 0 fully saturated rings. The lowest BCUT2D eigenvalue weighted by molar-refractivity contribution is -0.123.